The first-order valence-electron chi connectivity index (χ1n) is 6.23. The van der Waals surface area contributed by atoms with Gasteiger partial charge in [-0.15, -0.1) is 0 Å². The van der Waals surface area contributed by atoms with Crippen LogP contribution in [0.4, 0.5) is 0 Å². The molecular formula is C10H18O11. The Morgan fingerprint density at radius 1 is 0.667 bits per heavy atom. The summed E-state index contributed by atoms with van der Waals surface area (Å²) in [6.07, 6.45) is -10.6. The minimum absolute atomic E-state index is 0.534. The SMILES string of the molecule is OCC1OC(OOOC2OC(CO)C(O)C2O)C(O)C1O. The summed E-state index contributed by atoms with van der Waals surface area (Å²) in [6, 6.07) is 0. The van der Waals surface area contributed by atoms with Gasteiger partial charge in [-0.1, -0.05) is 5.04 Å². The van der Waals surface area contributed by atoms with Crippen LogP contribution in [0.15, 0.2) is 0 Å². The summed E-state index contributed by atoms with van der Waals surface area (Å²) in [7, 11) is 0. The van der Waals surface area contributed by atoms with Crippen LogP contribution in [-0.2, 0) is 24.3 Å². The van der Waals surface area contributed by atoms with Crippen LogP contribution in [0, 0.1) is 0 Å². The van der Waals surface area contributed by atoms with Crippen molar-refractivity contribution in [2.45, 2.75) is 49.2 Å². The molecule has 0 aromatic heterocycles. The molecule has 11 nitrogen and oxygen atoms in total. The summed E-state index contributed by atoms with van der Waals surface area (Å²) in [5.74, 6) is 0. The Morgan fingerprint density at radius 2 is 1.05 bits per heavy atom. The second-order valence-corrected chi connectivity index (χ2v) is 4.67. The van der Waals surface area contributed by atoms with Crippen LogP contribution in [0.2, 0.25) is 0 Å². The molecule has 2 aliphatic rings. The van der Waals surface area contributed by atoms with Crippen molar-refractivity contribution in [2.24, 2.45) is 0 Å². The number of hydrogen-bond acceptors (Lipinski definition) is 11. The first-order chi connectivity index (χ1) is 9.99. The summed E-state index contributed by atoms with van der Waals surface area (Å²) in [5.41, 5.74) is 0. The van der Waals surface area contributed by atoms with E-state index in [1.54, 1.807) is 0 Å². The molecule has 11 heteroatoms. The zero-order chi connectivity index (χ0) is 15.6. The number of ether oxygens (including phenoxy) is 2. The molecular weight excluding hydrogens is 296 g/mol. The molecule has 2 rings (SSSR count). The summed E-state index contributed by atoms with van der Waals surface area (Å²) < 4.78 is 9.84. The van der Waals surface area contributed by atoms with Crippen LogP contribution in [0.25, 0.3) is 0 Å². The third kappa shape index (κ3) is 3.49. The lowest BCUT2D eigenvalue weighted by Crippen LogP contribution is -2.36. The van der Waals surface area contributed by atoms with E-state index in [1.165, 1.54) is 0 Å². The maximum atomic E-state index is 9.52. The van der Waals surface area contributed by atoms with E-state index in [0.717, 1.165) is 0 Å². The van der Waals surface area contributed by atoms with Gasteiger partial charge in [0.2, 0.25) is 12.6 Å². The van der Waals surface area contributed by atoms with E-state index in [1.807, 2.05) is 0 Å². The fourth-order valence-corrected chi connectivity index (χ4v) is 1.99. The molecule has 0 bridgehead atoms. The highest BCUT2D eigenvalue weighted by Gasteiger charge is 2.46. The summed E-state index contributed by atoms with van der Waals surface area (Å²) in [5, 5.41) is 59.9. The molecule has 21 heavy (non-hydrogen) atoms. The Hall–Kier alpha value is -0.440. The average Bonchev–Trinajstić information content (AvgIpc) is 2.91. The van der Waals surface area contributed by atoms with Gasteiger partial charge in [-0.3, -0.25) is 0 Å². The Bertz CT molecular complexity index is 298. The fourth-order valence-electron chi connectivity index (χ4n) is 1.99. The van der Waals surface area contributed by atoms with Crippen molar-refractivity contribution in [1.82, 2.24) is 0 Å². The average molecular weight is 314 g/mol. The van der Waals surface area contributed by atoms with Gasteiger partial charge in [-0.25, -0.2) is 0 Å². The van der Waals surface area contributed by atoms with E-state index >= 15 is 0 Å². The topological polar surface area (TPSA) is 168 Å². The standard InChI is InChI=1S/C10H18O11/c11-1-3-5(13)7(15)9(17-3)19-21-20-10-8(16)6(14)4(2-12)18-10/h3-16H,1-2H2. The highest BCUT2D eigenvalue weighted by atomic mass is 17.5. The third-order valence-electron chi connectivity index (χ3n) is 3.27. The predicted molar refractivity (Wildman–Crippen MR) is 58.8 cm³/mol. The summed E-state index contributed by atoms with van der Waals surface area (Å²) in [6.45, 7) is -1.07. The van der Waals surface area contributed by atoms with Crippen LogP contribution >= 0.6 is 0 Å². The van der Waals surface area contributed by atoms with E-state index in [9.17, 15) is 20.4 Å². The number of aliphatic hydroxyl groups is 6. The highest BCUT2D eigenvalue weighted by molar-refractivity contribution is 4.86. The smallest absolute Gasteiger partial charge is 0.223 e. The zero-order valence-corrected chi connectivity index (χ0v) is 10.8. The molecule has 2 aliphatic heterocycles. The number of aliphatic hydroxyl groups excluding tert-OH is 6. The summed E-state index contributed by atoms with van der Waals surface area (Å²) in [4.78, 5) is 9.06. The molecule has 0 aliphatic carbocycles. The molecule has 0 aromatic carbocycles. The van der Waals surface area contributed by atoms with Crippen molar-refractivity contribution in [1.29, 1.82) is 0 Å². The van der Waals surface area contributed by atoms with E-state index < -0.39 is 62.4 Å². The minimum Gasteiger partial charge on any atom is -0.394 e. The Balaban J connectivity index is 1.75. The number of rotatable bonds is 6. The van der Waals surface area contributed by atoms with Crippen molar-refractivity contribution in [3.63, 3.8) is 0 Å². The van der Waals surface area contributed by atoms with Crippen LogP contribution in [-0.4, -0.2) is 93.1 Å². The van der Waals surface area contributed by atoms with Crippen molar-refractivity contribution < 1.29 is 54.9 Å². The van der Waals surface area contributed by atoms with Gasteiger partial charge in [-0.2, -0.15) is 9.78 Å². The number of hydrogen-bond donors (Lipinski definition) is 6. The molecule has 6 N–H and O–H groups in total. The van der Waals surface area contributed by atoms with Gasteiger partial charge in [0, 0.05) is 0 Å². The van der Waals surface area contributed by atoms with Gasteiger partial charge in [-0.05, 0) is 0 Å². The van der Waals surface area contributed by atoms with Crippen molar-refractivity contribution in [2.75, 3.05) is 13.2 Å². The van der Waals surface area contributed by atoms with Crippen molar-refractivity contribution in [3.8, 4) is 0 Å². The fraction of sp³-hybridized carbons (Fsp3) is 1.00. The lowest BCUT2D eigenvalue weighted by Gasteiger charge is -2.16. The Kier molecular flexibility index (Phi) is 5.81. The van der Waals surface area contributed by atoms with Gasteiger partial charge < -0.3 is 40.1 Å². The van der Waals surface area contributed by atoms with E-state index in [-0.39, 0.29) is 0 Å². The van der Waals surface area contributed by atoms with Crippen LogP contribution < -0.4 is 0 Å². The molecule has 0 radical (unpaired) electrons. The lowest BCUT2D eigenvalue weighted by atomic mass is 10.1. The molecule has 8 atom stereocenters. The minimum atomic E-state index is -1.48. The molecule has 2 saturated heterocycles. The third-order valence-corrected chi connectivity index (χ3v) is 3.27. The molecule has 2 heterocycles. The maximum Gasteiger partial charge on any atom is 0.223 e. The summed E-state index contributed by atoms with van der Waals surface area (Å²) >= 11 is 0. The maximum absolute atomic E-state index is 9.52. The normalized spacial score (nSPS) is 47.1. The zero-order valence-electron chi connectivity index (χ0n) is 10.8. The van der Waals surface area contributed by atoms with Crippen molar-refractivity contribution >= 4 is 0 Å². The van der Waals surface area contributed by atoms with E-state index in [2.05, 4.69) is 14.8 Å². The quantitative estimate of drug-likeness (QED) is 0.207. The van der Waals surface area contributed by atoms with Crippen molar-refractivity contribution in [3.05, 3.63) is 0 Å². The van der Waals surface area contributed by atoms with Crippen LogP contribution in [0.1, 0.15) is 0 Å². The Labute approximate surface area is 118 Å². The van der Waals surface area contributed by atoms with E-state index in [4.69, 9.17) is 19.7 Å². The molecule has 2 fully saturated rings. The molecule has 8 unspecified atom stereocenters. The monoisotopic (exact) mass is 314 g/mol. The van der Waals surface area contributed by atoms with Crippen LogP contribution in [0.3, 0.4) is 0 Å². The second-order valence-electron chi connectivity index (χ2n) is 4.67. The first kappa shape index (κ1) is 16.9. The molecule has 0 saturated carbocycles. The lowest BCUT2D eigenvalue weighted by molar-refractivity contribution is -0.579. The highest BCUT2D eigenvalue weighted by Crippen LogP contribution is 2.24. The van der Waals surface area contributed by atoms with Gasteiger partial charge >= 0.3 is 0 Å². The van der Waals surface area contributed by atoms with Crippen LogP contribution in [0.5, 0.6) is 0 Å². The van der Waals surface area contributed by atoms with Gasteiger partial charge in [0.25, 0.3) is 0 Å². The first-order valence-corrected chi connectivity index (χ1v) is 6.23. The van der Waals surface area contributed by atoms with E-state index in [0.29, 0.717) is 0 Å². The van der Waals surface area contributed by atoms with Gasteiger partial charge in [0.15, 0.2) is 0 Å². The Morgan fingerprint density at radius 3 is 1.33 bits per heavy atom. The molecule has 0 spiro atoms. The van der Waals surface area contributed by atoms with Gasteiger partial charge in [0.1, 0.15) is 36.6 Å². The largest absolute Gasteiger partial charge is 0.394 e. The van der Waals surface area contributed by atoms with Gasteiger partial charge in [0.05, 0.1) is 13.2 Å². The molecule has 0 aromatic rings. The molecule has 124 valence electrons. The second kappa shape index (κ2) is 7.21. The predicted octanol–water partition coefficient (Wildman–Crippen LogP) is -4.26. The molecule has 0 amide bonds.